The fourth-order valence-electron chi connectivity index (χ4n) is 4.04. The van der Waals surface area contributed by atoms with Crippen molar-refractivity contribution in [2.24, 2.45) is 11.8 Å². The van der Waals surface area contributed by atoms with E-state index in [2.05, 4.69) is 0 Å². The van der Waals surface area contributed by atoms with Crippen molar-refractivity contribution in [1.29, 1.82) is 0 Å². The molecule has 124 valence electrons. The van der Waals surface area contributed by atoms with E-state index < -0.39 is 5.92 Å². The summed E-state index contributed by atoms with van der Waals surface area (Å²) in [6.07, 6.45) is 2.47. The highest BCUT2D eigenvalue weighted by Crippen LogP contribution is 2.45. The van der Waals surface area contributed by atoms with Gasteiger partial charge >= 0.3 is 0 Å². The summed E-state index contributed by atoms with van der Waals surface area (Å²) in [6.45, 7) is 3.95. The molecule has 5 heteroatoms. The van der Waals surface area contributed by atoms with Crippen LogP contribution in [0.2, 0.25) is 5.02 Å². The fraction of sp³-hybridized carbons (Fsp3) is 0.421. The Hall–Kier alpha value is -1.52. The van der Waals surface area contributed by atoms with Gasteiger partial charge in [-0.3, -0.25) is 9.59 Å². The van der Waals surface area contributed by atoms with Crippen molar-refractivity contribution in [3.05, 3.63) is 39.4 Å². The lowest BCUT2D eigenvalue weighted by molar-refractivity contribution is -0.136. The van der Waals surface area contributed by atoms with Crippen LogP contribution < -0.4 is 0 Å². The summed E-state index contributed by atoms with van der Waals surface area (Å²) in [5, 5.41) is 1.55. The van der Waals surface area contributed by atoms with Crippen LogP contribution in [-0.2, 0) is 9.59 Å². The second-order valence-electron chi connectivity index (χ2n) is 6.86. The average Bonchev–Trinajstić information content (AvgIpc) is 3.12. The second kappa shape index (κ2) is 5.78. The van der Waals surface area contributed by atoms with Crippen LogP contribution >= 0.6 is 22.9 Å². The van der Waals surface area contributed by atoms with Crippen molar-refractivity contribution in [2.45, 2.75) is 39.0 Å². The number of carbonyl (C=O) groups excluding carboxylic acids is 2. The lowest BCUT2D eigenvalue weighted by atomic mass is 9.77. The van der Waals surface area contributed by atoms with E-state index in [1.54, 1.807) is 11.3 Å². The number of benzene rings is 1. The predicted molar refractivity (Wildman–Crippen MR) is 95.6 cm³/mol. The number of aryl methyl sites for hydroxylation is 2. The molecule has 4 rings (SSSR count). The molecule has 2 aliphatic carbocycles. The number of thiazole rings is 1. The molecule has 0 amide bonds. The molecule has 0 radical (unpaired) electrons. The monoisotopic (exact) mass is 359 g/mol. The topological polar surface area (TPSA) is 47.0 Å². The van der Waals surface area contributed by atoms with E-state index in [1.165, 1.54) is 0 Å². The molecule has 1 aromatic carbocycles. The van der Waals surface area contributed by atoms with Crippen LogP contribution in [0.25, 0.3) is 10.6 Å². The number of rotatable bonds is 2. The van der Waals surface area contributed by atoms with Crippen LogP contribution in [0.15, 0.2) is 18.2 Å². The molecule has 0 aliphatic heterocycles. The third-order valence-corrected chi connectivity index (χ3v) is 6.59. The van der Waals surface area contributed by atoms with E-state index in [1.807, 2.05) is 32.0 Å². The minimum atomic E-state index is -0.645. The molecule has 24 heavy (non-hydrogen) atoms. The van der Waals surface area contributed by atoms with Gasteiger partial charge in [0, 0.05) is 27.3 Å². The molecule has 2 fully saturated rings. The lowest BCUT2D eigenvalue weighted by Gasteiger charge is -2.24. The maximum Gasteiger partial charge on any atom is 0.152 e. The van der Waals surface area contributed by atoms with E-state index in [-0.39, 0.29) is 23.4 Å². The summed E-state index contributed by atoms with van der Waals surface area (Å²) < 4.78 is 0. The third-order valence-electron chi connectivity index (χ3n) is 5.33. The van der Waals surface area contributed by atoms with E-state index in [0.717, 1.165) is 40.3 Å². The molecule has 0 N–H and O–H groups in total. The Balaban J connectivity index is 1.76. The van der Waals surface area contributed by atoms with Crippen LogP contribution in [0.3, 0.4) is 0 Å². The molecule has 3 atom stereocenters. The van der Waals surface area contributed by atoms with Gasteiger partial charge in [-0.2, -0.15) is 0 Å². The largest absolute Gasteiger partial charge is 0.298 e. The number of hydrogen-bond acceptors (Lipinski definition) is 4. The van der Waals surface area contributed by atoms with Gasteiger partial charge in [-0.1, -0.05) is 17.7 Å². The number of Topliss-reactive ketones (excluding diaryl/α,β-unsaturated/α-hetero) is 2. The summed E-state index contributed by atoms with van der Waals surface area (Å²) in [7, 11) is 0. The quantitative estimate of drug-likeness (QED) is 0.728. The standard InChI is InChI=1S/C19H18ClNO2S/c1-9-7-13(20)5-6-14(9)19-21-16(10(2)24-19)15-17(22)11-3-4-12(8-11)18(15)23/h5-7,11-12,15H,3-4,8H2,1-2H3/t11-,12+,15?. The van der Waals surface area contributed by atoms with Gasteiger partial charge in [-0.15, -0.1) is 11.3 Å². The number of hydrogen-bond donors (Lipinski definition) is 0. The molecular weight excluding hydrogens is 342 g/mol. The highest BCUT2D eigenvalue weighted by atomic mass is 35.5. The number of ketones is 2. The van der Waals surface area contributed by atoms with Gasteiger partial charge in [0.1, 0.15) is 10.9 Å². The summed E-state index contributed by atoms with van der Waals surface area (Å²) >= 11 is 7.58. The maximum atomic E-state index is 12.7. The normalized spacial score (nSPS) is 26.2. The van der Waals surface area contributed by atoms with E-state index in [4.69, 9.17) is 16.6 Å². The molecule has 2 bridgehead atoms. The summed E-state index contributed by atoms with van der Waals surface area (Å²) in [4.78, 5) is 31.2. The Morgan fingerprint density at radius 3 is 2.42 bits per heavy atom. The first-order chi connectivity index (χ1) is 11.5. The van der Waals surface area contributed by atoms with Gasteiger partial charge in [-0.25, -0.2) is 4.98 Å². The van der Waals surface area contributed by atoms with Crippen molar-refractivity contribution in [2.75, 3.05) is 0 Å². The van der Waals surface area contributed by atoms with Crippen LogP contribution in [0, 0.1) is 25.7 Å². The van der Waals surface area contributed by atoms with Crippen molar-refractivity contribution in [1.82, 2.24) is 4.98 Å². The number of carbonyl (C=O) groups is 2. The summed E-state index contributed by atoms with van der Waals surface area (Å²) in [6, 6.07) is 5.70. The Morgan fingerprint density at radius 2 is 1.79 bits per heavy atom. The molecular formula is C19H18ClNO2S. The molecule has 0 spiro atoms. The number of halogens is 1. The minimum absolute atomic E-state index is 0.0551. The first kappa shape index (κ1) is 16.0. The minimum Gasteiger partial charge on any atom is -0.298 e. The molecule has 3 nitrogen and oxygen atoms in total. The van der Waals surface area contributed by atoms with Crippen molar-refractivity contribution < 1.29 is 9.59 Å². The first-order valence-corrected chi connectivity index (χ1v) is 9.46. The van der Waals surface area contributed by atoms with E-state index in [0.29, 0.717) is 10.7 Å². The molecule has 0 saturated heterocycles. The molecule has 2 aliphatic rings. The van der Waals surface area contributed by atoms with Crippen molar-refractivity contribution in [3.63, 3.8) is 0 Å². The Labute approximate surface area is 150 Å². The lowest BCUT2D eigenvalue weighted by Crippen LogP contribution is -2.35. The predicted octanol–water partition coefficient (Wildman–Crippen LogP) is 4.73. The first-order valence-electron chi connectivity index (χ1n) is 8.27. The summed E-state index contributed by atoms with van der Waals surface area (Å²) in [5.41, 5.74) is 2.73. The zero-order chi connectivity index (χ0) is 17.0. The molecule has 2 saturated carbocycles. The van der Waals surface area contributed by atoms with Gasteiger partial charge in [0.15, 0.2) is 11.6 Å². The van der Waals surface area contributed by atoms with Crippen LogP contribution in [0.1, 0.15) is 41.3 Å². The van der Waals surface area contributed by atoms with Crippen molar-refractivity contribution in [3.8, 4) is 10.6 Å². The van der Waals surface area contributed by atoms with Crippen LogP contribution in [-0.4, -0.2) is 16.6 Å². The molecule has 1 heterocycles. The second-order valence-corrected chi connectivity index (χ2v) is 8.50. The average molecular weight is 360 g/mol. The zero-order valence-corrected chi connectivity index (χ0v) is 15.2. The third kappa shape index (κ3) is 2.44. The van der Waals surface area contributed by atoms with E-state index >= 15 is 0 Å². The van der Waals surface area contributed by atoms with Crippen LogP contribution in [0.4, 0.5) is 0 Å². The zero-order valence-electron chi connectivity index (χ0n) is 13.6. The number of aromatic nitrogens is 1. The van der Waals surface area contributed by atoms with Gasteiger partial charge in [-0.05, 0) is 50.8 Å². The van der Waals surface area contributed by atoms with Crippen molar-refractivity contribution >= 4 is 34.5 Å². The Kier molecular flexibility index (Phi) is 3.85. The smallest absolute Gasteiger partial charge is 0.152 e. The van der Waals surface area contributed by atoms with E-state index in [9.17, 15) is 9.59 Å². The summed E-state index contributed by atoms with van der Waals surface area (Å²) in [5.74, 6) is -0.365. The maximum absolute atomic E-state index is 12.7. The van der Waals surface area contributed by atoms with Gasteiger partial charge in [0.2, 0.25) is 0 Å². The molecule has 1 aromatic heterocycles. The van der Waals surface area contributed by atoms with Crippen LogP contribution in [0.5, 0.6) is 0 Å². The van der Waals surface area contributed by atoms with Gasteiger partial charge < -0.3 is 0 Å². The molecule has 1 unspecified atom stereocenters. The highest BCUT2D eigenvalue weighted by Gasteiger charge is 2.48. The highest BCUT2D eigenvalue weighted by molar-refractivity contribution is 7.15. The fourth-order valence-corrected chi connectivity index (χ4v) is 5.31. The Bertz CT molecular complexity index is 835. The number of fused-ring (bicyclic) bond motifs is 2. The molecule has 2 aromatic rings. The Morgan fingerprint density at radius 1 is 1.12 bits per heavy atom. The van der Waals surface area contributed by atoms with Gasteiger partial charge in [0.25, 0.3) is 0 Å². The SMILES string of the molecule is Cc1cc(Cl)ccc1-c1nc(C2C(=O)[C@@H]3CC[C@@H](C3)C2=O)c(C)s1. The number of nitrogens with zero attached hydrogens (tertiary/aromatic N) is 1. The van der Waals surface area contributed by atoms with Gasteiger partial charge in [0.05, 0.1) is 5.69 Å².